The van der Waals surface area contributed by atoms with Crippen LogP contribution in [-0.4, -0.2) is 0 Å². The monoisotopic (exact) mass is 232 g/mol. The van der Waals surface area contributed by atoms with E-state index >= 15 is 0 Å². The summed E-state index contributed by atoms with van der Waals surface area (Å²) < 4.78 is 2.75. The molecule has 0 N–H and O–H groups in total. The van der Waals surface area contributed by atoms with Gasteiger partial charge in [0.05, 0.1) is 0 Å². The van der Waals surface area contributed by atoms with Gasteiger partial charge in [-0.15, -0.1) is 0 Å². The quantitative estimate of drug-likeness (QED) is 0.418. The zero-order valence-electron chi connectivity index (χ0n) is 5.67. The minimum Gasteiger partial charge on any atom is -1.00 e. The van der Waals surface area contributed by atoms with Gasteiger partial charge >= 0.3 is 0 Å². The number of nitriles is 1. The Kier molecular flexibility index (Phi) is 4.84. The van der Waals surface area contributed by atoms with Crippen LogP contribution in [0.25, 0.3) is 0 Å². The maximum absolute atomic E-state index is 8.35. The smallest absolute Gasteiger partial charge is 0.248 e. The summed E-state index contributed by atoms with van der Waals surface area (Å²) in [5.74, 6) is 0. The highest BCUT2D eigenvalue weighted by molar-refractivity contribution is 9.10. The third-order valence-electron chi connectivity index (χ3n) is 1.13. The molecule has 0 amide bonds. The van der Waals surface area contributed by atoms with E-state index in [-0.39, 0.29) is 12.4 Å². The molecule has 0 saturated carbocycles. The van der Waals surface area contributed by atoms with E-state index in [9.17, 15) is 0 Å². The molecule has 0 aliphatic heterocycles. The molecule has 0 spiro atoms. The van der Waals surface area contributed by atoms with Crippen molar-refractivity contribution in [3.63, 3.8) is 0 Å². The Morgan fingerprint density at radius 1 is 1.55 bits per heavy atom. The summed E-state index contributed by atoms with van der Waals surface area (Å²) in [7, 11) is 0. The molecule has 0 unspecified atom stereocenters. The van der Waals surface area contributed by atoms with Gasteiger partial charge in [0.1, 0.15) is 6.07 Å². The average Bonchev–Trinajstić information content (AvgIpc) is 1.94. The van der Waals surface area contributed by atoms with Crippen molar-refractivity contribution in [3.05, 3.63) is 29.0 Å². The molecule has 1 heterocycles. The summed E-state index contributed by atoms with van der Waals surface area (Å²) in [6.45, 7) is 0.390. The van der Waals surface area contributed by atoms with Crippen molar-refractivity contribution in [2.75, 3.05) is 0 Å². The summed E-state index contributed by atoms with van der Waals surface area (Å²) in [4.78, 5) is 0. The maximum atomic E-state index is 8.35. The van der Waals surface area contributed by atoms with Crippen molar-refractivity contribution < 1.29 is 17.0 Å². The molecule has 58 valence electrons. The van der Waals surface area contributed by atoms with E-state index < -0.39 is 0 Å². The van der Waals surface area contributed by atoms with E-state index in [0.29, 0.717) is 6.54 Å². The van der Waals surface area contributed by atoms with Gasteiger partial charge in [-0.1, -0.05) is 0 Å². The molecule has 0 aliphatic rings. The van der Waals surface area contributed by atoms with Crippen LogP contribution >= 0.6 is 15.9 Å². The third-order valence-corrected chi connectivity index (χ3v) is 1.85. The van der Waals surface area contributed by atoms with Crippen molar-refractivity contribution in [2.24, 2.45) is 0 Å². The maximum Gasteiger partial charge on any atom is 0.248 e. The first-order valence-electron chi connectivity index (χ1n) is 2.85. The number of aromatic nitrogens is 1. The van der Waals surface area contributed by atoms with Gasteiger partial charge in [-0.25, -0.2) is 0 Å². The molecule has 0 radical (unpaired) electrons. The first kappa shape index (κ1) is 10.4. The number of hydrogen-bond donors (Lipinski definition) is 0. The predicted molar refractivity (Wildman–Crippen MR) is 40.0 cm³/mol. The van der Waals surface area contributed by atoms with Gasteiger partial charge in [-0.3, -0.25) is 0 Å². The standard InChI is InChI=1S/C7H6BrN2.ClH/c8-7-3-1-2-5-10(7)6-4-9;/h1-3,5H,6H2;1H/q+1;/p-1. The molecule has 0 fully saturated rings. The van der Waals surface area contributed by atoms with Crippen molar-refractivity contribution in [1.29, 1.82) is 5.26 Å². The molecule has 0 aliphatic carbocycles. The van der Waals surface area contributed by atoms with Crippen molar-refractivity contribution >= 4 is 15.9 Å². The lowest BCUT2D eigenvalue weighted by Crippen LogP contribution is -3.00. The van der Waals surface area contributed by atoms with Gasteiger partial charge in [0.15, 0.2) is 6.20 Å². The lowest BCUT2D eigenvalue weighted by Gasteiger charge is -1.89. The number of rotatable bonds is 1. The van der Waals surface area contributed by atoms with E-state index in [2.05, 4.69) is 22.0 Å². The second-order valence-electron chi connectivity index (χ2n) is 1.81. The Morgan fingerprint density at radius 3 is 2.82 bits per heavy atom. The highest BCUT2D eigenvalue weighted by Gasteiger charge is 2.02. The Balaban J connectivity index is 0.000001000. The van der Waals surface area contributed by atoms with E-state index in [0.717, 1.165) is 4.60 Å². The van der Waals surface area contributed by atoms with Gasteiger partial charge in [-0.05, 0) is 6.07 Å². The van der Waals surface area contributed by atoms with E-state index in [1.165, 1.54) is 0 Å². The van der Waals surface area contributed by atoms with Crippen molar-refractivity contribution in [1.82, 2.24) is 0 Å². The van der Waals surface area contributed by atoms with Crippen LogP contribution in [0.4, 0.5) is 0 Å². The fourth-order valence-electron chi connectivity index (χ4n) is 0.660. The van der Waals surface area contributed by atoms with E-state index in [4.69, 9.17) is 5.26 Å². The van der Waals surface area contributed by atoms with Crippen LogP contribution in [0.3, 0.4) is 0 Å². The van der Waals surface area contributed by atoms with Crippen molar-refractivity contribution in [3.8, 4) is 6.07 Å². The van der Waals surface area contributed by atoms with Gasteiger partial charge < -0.3 is 12.4 Å². The minimum absolute atomic E-state index is 0. The molecular weight excluding hydrogens is 227 g/mol. The third kappa shape index (κ3) is 2.87. The molecule has 4 heteroatoms. The molecule has 0 aromatic carbocycles. The Hall–Kier alpha value is -0.590. The lowest BCUT2D eigenvalue weighted by atomic mass is 10.5. The van der Waals surface area contributed by atoms with Crippen LogP contribution in [0.15, 0.2) is 29.0 Å². The fraction of sp³-hybridized carbons (Fsp3) is 0.143. The number of pyridine rings is 1. The summed E-state index contributed by atoms with van der Waals surface area (Å²) >= 11 is 3.31. The Labute approximate surface area is 80.0 Å². The molecule has 1 aromatic heterocycles. The molecule has 1 aromatic rings. The highest BCUT2D eigenvalue weighted by Crippen LogP contribution is 1.99. The predicted octanol–water partition coefficient (Wildman–Crippen LogP) is -1.74. The average molecular weight is 233 g/mol. The second kappa shape index (κ2) is 5.11. The normalized spacial score (nSPS) is 8.00. The molecular formula is C7H6BrClN2. The van der Waals surface area contributed by atoms with Crippen LogP contribution in [0.5, 0.6) is 0 Å². The summed E-state index contributed by atoms with van der Waals surface area (Å²) in [6.07, 6.45) is 1.85. The summed E-state index contributed by atoms with van der Waals surface area (Å²) in [6, 6.07) is 7.76. The first-order chi connectivity index (χ1) is 4.84. The van der Waals surface area contributed by atoms with Gasteiger partial charge in [0.25, 0.3) is 0 Å². The van der Waals surface area contributed by atoms with E-state index in [1.807, 2.05) is 29.0 Å². The van der Waals surface area contributed by atoms with Gasteiger partial charge in [0.2, 0.25) is 11.1 Å². The first-order valence-corrected chi connectivity index (χ1v) is 3.65. The Bertz CT molecular complexity index is 269. The van der Waals surface area contributed by atoms with Crippen LogP contribution < -0.4 is 17.0 Å². The molecule has 11 heavy (non-hydrogen) atoms. The van der Waals surface area contributed by atoms with Crippen LogP contribution in [0.2, 0.25) is 0 Å². The minimum atomic E-state index is 0. The zero-order valence-corrected chi connectivity index (χ0v) is 8.01. The van der Waals surface area contributed by atoms with Crippen LogP contribution in [0, 0.1) is 11.3 Å². The zero-order chi connectivity index (χ0) is 7.40. The highest BCUT2D eigenvalue weighted by atomic mass is 79.9. The van der Waals surface area contributed by atoms with E-state index in [1.54, 1.807) is 0 Å². The van der Waals surface area contributed by atoms with Crippen LogP contribution in [-0.2, 0) is 6.54 Å². The molecule has 0 atom stereocenters. The SMILES string of the molecule is N#CC[n+]1ccccc1Br.[Cl-]. The van der Waals surface area contributed by atoms with Crippen LogP contribution in [0.1, 0.15) is 0 Å². The van der Waals surface area contributed by atoms with Gasteiger partial charge in [0, 0.05) is 28.1 Å². The second-order valence-corrected chi connectivity index (χ2v) is 2.62. The summed E-state index contributed by atoms with van der Waals surface area (Å²) in [5, 5.41) is 8.35. The lowest BCUT2D eigenvalue weighted by molar-refractivity contribution is -0.695. The number of nitrogens with zero attached hydrogens (tertiary/aromatic N) is 2. The molecule has 0 saturated heterocycles. The molecule has 2 nitrogen and oxygen atoms in total. The topological polar surface area (TPSA) is 27.7 Å². The number of halogens is 2. The largest absolute Gasteiger partial charge is 1.00 e. The summed E-state index contributed by atoms with van der Waals surface area (Å²) in [5.41, 5.74) is 0. The van der Waals surface area contributed by atoms with Gasteiger partial charge in [-0.2, -0.15) is 9.83 Å². The molecule has 1 rings (SSSR count). The Morgan fingerprint density at radius 2 is 2.27 bits per heavy atom. The molecule has 0 bridgehead atoms. The number of hydrogen-bond acceptors (Lipinski definition) is 1. The van der Waals surface area contributed by atoms with Crippen molar-refractivity contribution in [2.45, 2.75) is 6.54 Å². The fourth-order valence-corrected chi connectivity index (χ4v) is 1.06.